The highest BCUT2D eigenvalue weighted by molar-refractivity contribution is 14.0. The second kappa shape index (κ2) is 13.3. The van der Waals surface area contributed by atoms with Crippen LogP contribution in [0.15, 0.2) is 41.4 Å². The predicted molar refractivity (Wildman–Crippen MR) is 133 cm³/mol. The lowest BCUT2D eigenvalue weighted by molar-refractivity contribution is 0.110. The van der Waals surface area contributed by atoms with Crippen molar-refractivity contribution in [2.24, 2.45) is 4.99 Å². The monoisotopic (exact) mass is 541 g/mol. The van der Waals surface area contributed by atoms with Gasteiger partial charge < -0.3 is 29.6 Å². The van der Waals surface area contributed by atoms with Crippen molar-refractivity contribution in [2.45, 2.75) is 26.8 Å². The van der Waals surface area contributed by atoms with Gasteiger partial charge in [-0.05, 0) is 49.6 Å². The number of halogens is 1. The van der Waals surface area contributed by atoms with Gasteiger partial charge >= 0.3 is 0 Å². The number of ether oxygens (including phenoxy) is 4. The number of nitrogens with one attached hydrogen (secondary N) is 2. The zero-order valence-electron chi connectivity index (χ0n) is 18.4. The Morgan fingerprint density at radius 1 is 1.06 bits per heavy atom. The molecule has 2 aromatic rings. The van der Waals surface area contributed by atoms with Crippen molar-refractivity contribution in [1.82, 2.24) is 10.6 Å². The quantitative estimate of drug-likeness (QED) is 0.207. The molecule has 0 fully saturated rings. The van der Waals surface area contributed by atoms with E-state index in [2.05, 4.69) is 46.8 Å². The molecular weight excluding hydrogens is 509 g/mol. The molecule has 0 aliphatic carbocycles. The molecule has 0 spiro atoms. The molecule has 0 saturated carbocycles. The molecule has 2 N–H and O–H groups in total. The molecule has 3 rings (SSSR count). The van der Waals surface area contributed by atoms with Gasteiger partial charge in [-0.3, -0.25) is 4.99 Å². The minimum atomic E-state index is 0. The van der Waals surface area contributed by atoms with E-state index in [9.17, 15) is 0 Å². The second-order valence-electron chi connectivity index (χ2n) is 6.95. The van der Waals surface area contributed by atoms with Crippen LogP contribution < -0.4 is 24.8 Å². The third-order valence-corrected chi connectivity index (χ3v) is 4.73. The highest BCUT2D eigenvalue weighted by Gasteiger charge is 2.13. The zero-order chi connectivity index (χ0) is 21.2. The Kier molecular flexibility index (Phi) is 10.7. The van der Waals surface area contributed by atoms with Crippen LogP contribution in [0.3, 0.4) is 0 Å². The van der Waals surface area contributed by atoms with Gasteiger partial charge in [-0.15, -0.1) is 24.0 Å². The fraction of sp³-hybridized carbons (Fsp3) is 0.435. The summed E-state index contributed by atoms with van der Waals surface area (Å²) in [5.41, 5.74) is 3.43. The summed E-state index contributed by atoms with van der Waals surface area (Å²) >= 11 is 0. The number of hydrogen-bond acceptors (Lipinski definition) is 5. The Morgan fingerprint density at radius 3 is 2.71 bits per heavy atom. The first-order valence-corrected chi connectivity index (χ1v) is 10.3. The number of benzene rings is 2. The average Bonchev–Trinajstić information content (AvgIpc) is 3.22. The lowest BCUT2D eigenvalue weighted by Crippen LogP contribution is -2.37. The van der Waals surface area contributed by atoms with Gasteiger partial charge in [-0.1, -0.05) is 18.2 Å². The number of fused-ring (bicyclic) bond motifs is 1. The average molecular weight is 541 g/mol. The Bertz CT molecular complexity index is 861. The number of nitrogens with zero attached hydrogens (tertiary/aromatic N) is 1. The maximum atomic E-state index is 5.91. The van der Waals surface area contributed by atoms with E-state index in [0.29, 0.717) is 33.2 Å². The van der Waals surface area contributed by atoms with Crippen molar-refractivity contribution < 1.29 is 18.9 Å². The smallest absolute Gasteiger partial charge is 0.231 e. The van der Waals surface area contributed by atoms with E-state index in [0.717, 1.165) is 47.3 Å². The molecule has 1 aliphatic rings. The Hall–Kier alpha value is -2.20. The van der Waals surface area contributed by atoms with E-state index in [1.165, 1.54) is 5.56 Å². The molecule has 7 nitrogen and oxygen atoms in total. The normalized spacial score (nSPS) is 12.3. The van der Waals surface area contributed by atoms with Gasteiger partial charge in [-0.2, -0.15) is 0 Å². The van der Waals surface area contributed by atoms with Crippen LogP contribution in [-0.4, -0.2) is 46.2 Å². The standard InChI is InChI=1S/C23H31N3O4.HI/c1-4-27-11-12-28-21-13-17(2)5-7-19(21)15-26-23(24-3)25-10-9-18-6-8-20-22(14-18)30-16-29-20;/h5-8,13-14H,4,9-12,15-16H2,1-3H3,(H2,24,25,26);1H. The number of rotatable bonds is 10. The summed E-state index contributed by atoms with van der Waals surface area (Å²) < 4.78 is 22.1. The first-order chi connectivity index (χ1) is 14.7. The predicted octanol–water partition coefficient (Wildman–Crippen LogP) is 3.66. The van der Waals surface area contributed by atoms with Crippen molar-refractivity contribution in [2.75, 3.05) is 40.2 Å². The van der Waals surface area contributed by atoms with Crippen LogP contribution in [0.4, 0.5) is 0 Å². The van der Waals surface area contributed by atoms with E-state index in [1.54, 1.807) is 7.05 Å². The zero-order valence-corrected chi connectivity index (χ0v) is 20.7. The topological polar surface area (TPSA) is 73.3 Å². The SMILES string of the molecule is CCOCCOc1cc(C)ccc1CNC(=NC)NCCc1ccc2c(c1)OCO2.I. The fourth-order valence-corrected chi connectivity index (χ4v) is 3.12. The third kappa shape index (κ3) is 7.77. The van der Waals surface area contributed by atoms with Crippen LogP contribution in [0, 0.1) is 6.92 Å². The lowest BCUT2D eigenvalue weighted by Gasteiger charge is -2.15. The maximum Gasteiger partial charge on any atom is 0.231 e. The largest absolute Gasteiger partial charge is 0.491 e. The molecule has 1 heterocycles. The number of aryl methyl sites for hydroxylation is 1. The summed E-state index contributed by atoms with van der Waals surface area (Å²) in [7, 11) is 1.77. The van der Waals surface area contributed by atoms with Crippen molar-refractivity contribution in [3.05, 3.63) is 53.1 Å². The highest BCUT2D eigenvalue weighted by atomic mass is 127. The molecule has 1 aliphatic heterocycles. The van der Waals surface area contributed by atoms with Crippen LogP contribution in [0.5, 0.6) is 17.2 Å². The van der Waals surface area contributed by atoms with Gasteiger partial charge in [-0.25, -0.2) is 0 Å². The molecule has 8 heteroatoms. The van der Waals surface area contributed by atoms with E-state index >= 15 is 0 Å². The van der Waals surface area contributed by atoms with Crippen LogP contribution in [0.2, 0.25) is 0 Å². The summed E-state index contributed by atoms with van der Waals surface area (Å²) in [5.74, 6) is 3.24. The summed E-state index contributed by atoms with van der Waals surface area (Å²) in [5, 5.41) is 6.71. The Balaban J connectivity index is 0.00000341. The van der Waals surface area contributed by atoms with Gasteiger partial charge in [0.15, 0.2) is 17.5 Å². The summed E-state index contributed by atoms with van der Waals surface area (Å²) in [6.45, 7) is 7.52. The van der Waals surface area contributed by atoms with Crippen molar-refractivity contribution in [3.8, 4) is 17.2 Å². The molecule has 0 atom stereocenters. The van der Waals surface area contributed by atoms with Crippen molar-refractivity contribution >= 4 is 29.9 Å². The Morgan fingerprint density at radius 2 is 1.90 bits per heavy atom. The summed E-state index contributed by atoms with van der Waals surface area (Å²) in [6, 6.07) is 12.3. The van der Waals surface area contributed by atoms with Gasteiger partial charge in [0, 0.05) is 32.3 Å². The van der Waals surface area contributed by atoms with Crippen molar-refractivity contribution in [3.63, 3.8) is 0 Å². The first kappa shape index (κ1) is 25.1. The van der Waals surface area contributed by atoms with Crippen LogP contribution >= 0.6 is 24.0 Å². The molecule has 0 unspecified atom stereocenters. The summed E-state index contributed by atoms with van der Waals surface area (Å²) in [4.78, 5) is 4.31. The molecular formula is C23H32IN3O4. The van der Waals surface area contributed by atoms with Gasteiger partial charge in [0.25, 0.3) is 0 Å². The van der Waals surface area contributed by atoms with Crippen LogP contribution in [-0.2, 0) is 17.7 Å². The number of hydrogen-bond donors (Lipinski definition) is 2. The number of aliphatic imine (C=N–C) groups is 1. The van der Waals surface area contributed by atoms with Crippen LogP contribution in [0.1, 0.15) is 23.6 Å². The molecule has 31 heavy (non-hydrogen) atoms. The summed E-state index contributed by atoms with van der Waals surface area (Å²) in [6.07, 6.45) is 0.855. The lowest BCUT2D eigenvalue weighted by atomic mass is 10.1. The molecule has 2 aromatic carbocycles. The molecule has 170 valence electrons. The minimum absolute atomic E-state index is 0. The van der Waals surface area contributed by atoms with E-state index < -0.39 is 0 Å². The van der Waals surface area contributed by atoms with E-state index in [4.69, 9.17) is 18.9 Å². The van der Waals surface area contributed by atoms with E-state index in [1.807, 2.05) is 19.1 Å². The highest BCUT2D eigenvalue weighted by Crippen LogP contribution is 2.32. The van der Waals surface area contributed by atoms with Gasteiger partial charge in [0.1, 0.15) is 12.4 Å². The number of guanidine groups is 1. The fourth-order valence-electron chi connectivity index (χ4n) is 3.12. The molecule has 0 amide bonds. The third-order valence-electron chi connectivity index (χ3n) is 4.73. The molecule has 0 saturated heterocycles. The second-order valence-corrected chi connectivity index (χ2v) is 6.95. The van der Waals surface area contributed by atoms with Gasteiger partial charge in [0.05, 0.1) is 6.61 Å². The molecule has 0 bridgehead atoms. The van der Waals surface area contributed by atoms with Gasteiger partial charge in [0.2, 0.25) is 6.79 Å². The molecule has 0 radical (unpaired) electrons. The van der Waals surface area contributed by atoms with Crippen molar-refractivity contribution in [1.29, 1.82) is 0 Å². The maximum absolute atomic E-state index is 5.91. The first-order valence-electron chi connectivity index (χ1n) is 10.3. The molecule has 0 aromatic heterocycles. The van der Waals surface area contributed by atoms with E-state index in [-0.39, 0.29) is 24.0 Å². The minimum Gasteiger partial charge on any atom is -0.491 e. The Labute approximate surface area is 201 Å². The van der Waals surface area contributed by atoms with Crippen LogP contribution in [0.25, 0.3) is 0 Å².